The minimum absolute atomic E-state index is 0.112. The average Bonchev–Trinajstić information content (AvgIpc) is 3.65. The Kier molecular flexibility index (Phi) is 7.44. The van der Waals surface area contributed by atoms with Crippen molar-refractivity contribution in [1.82, 2.24) is 29.7 Å². The molecular formula is C34H34ClN7O5. The van der Waals surface area contributed by atoms with Crippen molar-refractivity contribution in [2.24, 2.45) is 14.1 Å². The molecule has 4 aromatic rings. The number of halogens is 1. The van der Waals surface area contributed by atoms with Gasteiger partial charge in [0.05, 0.1) is 23.4 Å². The number of pyridine rings is 1. The highest BCUT2D eigenvalue weighted by molar-refractivity contribution is 6.36. The second kappa shape index (κ2) is 11.4. The van der Waals surface area contributed by atoms with E-state index >= 15 is 0 Å². The van der Waals surface area contributed by atoms with Crippen molar-refractivity contribution in [3.8, 4) is 28.3 Å². The van der Waals surface area contributed by atoms with Crippen LogP contribution in [-0.2, 0) is 20.5 Å². The van der Waals surface area contributed by atoms with Crippen LogP contribution in [0, 0.1) is 6.92 Å². The lowest BCUT2D eigenvalue weighted by Gasteiger charge is -2.50. The molecule has 1 spiro atoms. The van der Waals surface area contributed by atoms with E-state index in [1.54, 1.807) is 13.2 Å². The number of carbonyl (C=O) groups excluding carboxylic acids is 2. The van der Waals surface area contributed by atoms with Crippen molar-refractivity contribution in [3.63, 3.8) is 0 Å². The molecule has 2 aromatic heterocycles. The van der Waals surface area contributed by atoms with Gasteiger partial charge < -0.3 is 25.3 Å². The van der Waals surface area contributed by atoms with E-state index in [4.69, 9.17) is 21.3 Å². The van der Waals surface area contributed by atoms with Crippen molar-refractivity contribution in [2.45, 2.75) is 31.3 Å². The Labute approximate surface area is 275 Å². The molecule has 3 amide bonds. The molecular weight excluding hydrogens is 622 g/mol. The lowest BCUT2D eigenvalue weighted by atomic mass is 9.88. The molecule has 4 heterocycles. The van der Waals surface area contributed by atoms with Crippen LogP contribution in [0.15, 0.2) is 58.3 Å². The van der Waals surface area contributed by atoms with Crippen LogP contribution >= 0.6 is 11.6 Å². The Balaban J connectivity index is 1.18. The number of aromatic nitrogens is 3. The first-order valence-electron chi connectivity index (χ1n) is 15.3. The number of likely N-dealkylation sites (tertiary alicyclic amines) is 1. The summed E-state index contributed by atoms with van der Waals surface area (Å²) in [5, 5.41) is 9.27. The van der Waals surface area contributed by atoms with E-state index < -0.39 is 17.2 Å². The monoisotopic (exact) mass is 655 g/mol. The second-order valence-electron chi connectivity index (χ2n) is 12.5. The van der Waals surface area contributed by atoms with Gasteiger partial charge in [-0.15, -0.1) is 0 Å². The summed E-state index contributed by atoms with van der Waals surface area (Å²) < 4.78 is 7.95. The normalized spacial score (nSPS) is 18.0. The van der Waals surface area contributed by atoms with E-state index in [9.17, 15) is 19.2 Å². The maximum Gasteiger partial charge on any atom is 0.330 e. The van der Waals surface area contributed by atoms with Crippen molar-refractivity contribution < 1.29 is 14.3 Å². The maximum atomic E-state index is 13.2. The highest BCUT2D eigenvalue weighted by Gasteiger charge is 2.51. The second-order valence-corrected chi connectivity index (χ2v) is 12.9. The number of hydrogen-bond acceptors (Lipinski definition) is 7. The first-order valence-corrected chi connectivity index (χ1v) is 15.7. The summed E-state index contributed by atoms with van der Waals surface area (Å²) in [5.41, 5.74) is 4.99. The minimum atomic E-state index is -0.674. The van der Waals surface area contributed by atoms with Gasteiger partial charge in [-0.3, -0.25) is 19.1 Å². The number of ether oxygens (including phenoxy) is 1. The lowest BCUT2D eigenvalue weighted by Crippen LogP contribution is -2.69. The molecule has 12 nitrogen and oxygen atoms in total. The van der Waals surface area contributed by atoms with Gasteiger partial charge in [0.1, 0.15) is 5.56 Å². The predicted molar refractivity (Wildman–Crippen MR) is 178 cm³/mol. The van der Waals surface area contributed by atoms with Crippen LogP contribution in [0.5, 0.6) is 5.88 Å². The fourth-order valence-electron chi connectivity index (χ4n) is 7.12. The van der Waals surface area contributed by atoms with E-state index in [2.05, 4.69) is 26.9 Å². The summed E-state index contributed by atoms with van der Waals surface area (Å²) >= 11 is 7.12. The van der Waals surface area contributed by atoms with Crippen molar-refractivity contribution in [2.75, 3.05) is 32.1 Å². The van der Waals surface area contributed by atoms with Crippen LogP contribution in [0.1, 0.15) is 39.5 Å². The molecule has 2 fully saturated rings. The fraction of sp³-hybridized carbons (Fsp3) is 0.324. The van der Waals surface area contributed by atoms with Gasteiger partial charge in [-0.05, 0) is 48.6 Å². The number of fused-ring (bicyclic) bond motifs is 1. The summed E-state index contributed by atoms with van der Waals surface area (Å²) in [6.07, 6.45) is 3.05. The van der Waals surface area contributed by atoms with Crippen LogP contribution in [0.25, 0.3) is 22.4 Å². The third-order valence-corrected chi connectivity index (χ3v) is 9.99. The van der Waals surface area contributed by atoms with E-state index in [1.165, 1.54) is 30.4 Å². The summed E-state index contributed by atoms with van der Waals surface area (Å²) in [5.74, 6) is -0.0476. The van der Waals surface area contributed by atoms with Crippen molar-refractivity contribution >= 4 is 29.2 Å². The van der Waals surface area contributed by atoms with E-state index in [-0.39, 0.29) is 23.2 Å². The van der Waals surface area contributed by atoms with Gasteiger partial charge in [-0.25, -0.2) is 14.6 Å². The maximum absolute atomic E-state index is 13.2. The zero-order valence-electron chi connectivity index (χ0n) is 26.4. The Hall–Kier alpha value is -4.94. The highest BCUT2D eigenvalue weighted by Crippen LogP contribution is 2.47. The summed E-state index contributed by atoms with van der Waals surface area (Å²) in [6.45, 7) is 4.05. The summed E-state index contributed by atoms with van der Waals surface area (Å²) in [7, 11) is 4.45. The number of hydrogen-bond donors (Lipinski definition) is 3. The molecule has 1 aliphatic carbocycles. The fourth-order valence-corrected chi connectivity index (χ4v) is 7.44. The van der Waals surface area contributed by atoms with Gasteiger partial charge in [-0.1, -0.05) is 41.9 Å². The molecule has 3 aliphatic rings. The SMILES string of the molecule is COc1nc(-c2cccc(-c3cccc(NC(=O)c4cn(C)c(=O)n(C)c4=O)c3C)c2Cl)cc2c1C(N1CC3(CNC(=O)N3)C1)CC2. The van der Waals surface area contributed by atoms with Gasteiger partial charge in [0.2, 0.25) is 5.88 Å². The number of rotatable bonds is 6. The van der Waals surface area contributed by atoms with Gasteiger partial charge in [-0.2, -0.15) is 0 Å². The predicted octanol–water partition coefficient (Wildman–Crippen LogP) is 3.39. The van der Waals surface area contributed by atoms with Gasteiger partial charge in [0.15, 0.2) is 0 Å². The van der Waals surface area contributed by atoms with Crippen molar-refractivity contribution in [1.29, 1.82) is 0 Å². The van der Waals surface area contributed by atoms with Crippen LogP contribution < -0.4 is 31.9 Å². The lowest BCUT2D eigenvalue weighted by molar-refractivity contribution is 0.0248. The molecule has 13 heteroatoms. The number of amides is 3. The van der Waals surface area contributed by atoms with E-state index in [0.29, 0.717) is 28.8 Å². The van der Waals surface area contributed by atoms with Crippen LogP contribution in [0.2, 0.25) is 5.02 Å². The smallest absolute Gasteiger partial charge is 0.330 e. The Bertz CT molecular complexity index is 2100. The number of carbonyl (C=O) groups is 2. The first kappa shape index (κ1) is 30.7. The van der Waals surface area contributed by atoms with Crippen LogP contribution in [0.3, 0.4) is 0 Å². The Morgan fingerprint density at radius 2 is 1.81 bits per heavy atom. The molecule has 2 aromatic carbocycles. The highest BCUT2D eigenvalue weighted by atomic mass is 35.5. The van der Waals surface area contributed by atoms with E-state index in [1.807, 2.05) is 37.3 Å². The molecule has 2 aliphatic heterocycles. The zero-order chi connectivity index (χ0) is 33.2. The molecule has 0 saturated carbocycles. The Morgan fingerprint density at radius 1 is 1.09 bits per heavy atom. The number of nitrogens with zero attached hydrogens (tertiary/aromatic N) is 4. The third kappa shape index (κ3) is 5.08. The number of urea groups is 1. The number of benzene rings is 2. The molecule has 1 unspecified atom stereocenters. The molecule has 1 atom stereocenters. The quantitative estimate of drug-likeness (QED) is 0.289. The van der Waals surface area contributed by atoms with Crippen LogP contribution in [-0.4, -0.2) is 63.2 Å². The number of methoxy groups -OCH3 is 1. The molecule has 3 N–H and O–H groups in total. The van der Waals surface area contributed by atoms with Gasteiger partial charge in [0, 0.05) is 68.3 Å². The van der Waals surface area contributed by atoms with Crippen molar-refractivity contribution in [3.05, 3.63) is 96.8 Å². The average molecular weight is 656 g/mol. The number of anilines is 1. The number of nitrogens with one attached hydrogen (secondary N) is 3. The third-order valence-electron chi connectivity index (χ3n) is 9.58. The molecule has 242 valence electrons. The minimum Gasteiger partial charge on any atom is -0.481 e. The number of aryl methyl sites for hydroxylation is 2. The molecule has 2 saturated heterocycles. The largest absolute Gasteiger partial charge is 0.481 e. The molecule has 0 radical (unpaired) electrons. The first-order chi connectivity index (χ1) is 22.5. The van der Waals surface area contributed by atoms with E-state index in [0.717, 1.165) is 58.3 Å². The summed E-state index contributed by atoms with van der Waals surface area (Å²) in [6, 6.07) is 13.4. The van der Waals surface area contributed by atoms with Gasteiger partial charge >= 0.3 is 11.7 Å². The molecule has 47 heavy (non-hydrogen) atoms. The Morgan fingerprint density at radius 3 is 2.53 bits per heavy atom. The molecule has 0 bridgehead atoms. The molecule has 7 rings (SSSR count). The van der Waals surface area contributed by atoms with Crippen LogP contribution in [0.4, 0.5) is 10.5 Å². The zero-order valence-corrected chi connectivity index (χ0v) is 27.2. The standard InChI is InChI=1S/C34H34ClN7O5/c1-18-20(7-6-10-24(18)37-29(43)23-14-40(2)33(46)41(3)31(23)44)21-8-5-9-22(28(21)35)25-13-19-11-12-26(27(19)30(38-25)47-4)42-16-34(17-42)15-36-32(45)39-34/h5-10,13-14,26H,11-12,15-17H2,1-4H3,(H,37,43)(H2,36,39,45). The summed E-state index contributed by atoms with van der Waals surface area (Å²) in [4.78, 5) is 57.0. The van der Waals surface area contributed by atoms with Gasteiger partial charge in [0.25, 0.3) is 11.5 Å². The topological polar surface area (TPSA) is 140 Å².